The molecule has 4 unspecified atom stereocenters. The summed E-state index contributed by atoms with van der Waals surface area (Å²) in [6, 6.07) is 1.59. The molecular formula is C17H32N3+. The molecule has 2 rings (SSSR count). The van der Waals surface area contributed by atoms with Crippen LogP contribution >= 0.6 is 0 Å². The third-order valence-corrected chi connectivity index (χ3v) is 5.42. The van der Waals surface area contributed by atoms with Gasteiger partial charge >= 0.3 is 0 Å². The number of nitrogens with zero attached hydrogens (tertiary/aromatic N) is 2. The zero-order chi connectivity index (χ0) is 14.8. The zero-order valence-corrected chi connectivity index (χ0v) is 13.7. The van der Waals surface area contributed by atoms with Crippen molar-refractivity contribution in [3.8, 4) is 0 Å². The molecule has 0 aromatic rings. The molecule has 4 atom stereocenters. The van der Waals surface area contributed by atoms with Gasteiger partial charge in [-0.15, -0.1) is 0 Å². The predicted octanol–water partition coefficient (Wildman–Crippen LogP) is 3.11. The van der Waals surface area contributed by atoms with Crippen LogP contribution < -0.4 is 5.73 Å². The lowest BCUT2D eigenvalue weighted by Gasteiger charge is -2.44. The number of nitrogens with two attached hydrogens (primary N) is 1. The maximum Gasteiger partial charge on any atom is 0.122 e. The van der Waals surface area contributed by atoms with E-state index in [4.69, 9.17) is 10.7 Å². The molecule has 114 valence electrons. The van der Waals surface area contributed by atoms with Crippen LogP contribution in [0.3, 0.4) is 0 Å². The van der Waals surface area contributed by atoms with Gasteiger partial charge in [-0.2, -0.15) is 0 Å². The van der Waals surface area contributed by atoms with Crippen molar-refractivity contribution in [2.45, 2.75) is 71.0 Å². The number of quaternary nitrogens is 1. The van der Waals surface area contributed by atoms with Crippen LogP contribution in [0.25, 0.3) is 0 Å². The van der Waals surface area contributed by atoms with Gasteiger partial charge < -0.3 is 5.73 Å². The van der Waals surface area contributed by atoms with Crippen LogP contribution in [0.1, 0.15) is 52.9 Å². The van der Waals surface area contributed by atoms with E-state index in [9.17, 15) is 0 Å². The number of likely N-dealkylation sites (N-methyl/N-ethyl adjacent to an activating group) is 1. The second kappa shape index (κ2) is 6.40. The molecule has 20 heavy (non-hydrogen) atoms. The maximum absolute atomic E-state index is 6.49. The summed E-state index contributed by atoms with van der Waals surface area (Å²) in [7, 11) is 2.42. The summed E-state index contributed by atoms with van der Waals surface area (Å²) in [6.07, 6.45) is 10.4. The minimum atomic E-state index is 0.230. The molecule has 0 bridgehead atoms. The molecule has 0 aromatic carbocycles. The van der Waals surface area contributed by atoms with E-state index < -0.39 is 0 Å². The van der Waals surface area contributed by atoms with Crippen LogP contribution in [0.4, 0.5) is 0 Å². The number of aliphatic imine (C=N–C) groups is 1. The Bertz CT molecular complexity index is 384. The molecule has 1 aliphatic heterocycles. The smallest absolute Gasteiger partial charge is 0.122 e. The van der Waals surface area contributed by atoms with E-state index in [0.29, 0.717) is 12.0 Å². The predicted molar refractivity (Wildman–Crippen MR) is 86.8 cm³/mol. The van der Waals surface area contributed by atoms with Crippen LogP contribution in [-0.4, -0.2) is 42.4 Å². The van der Waals surface area contributed by atoms with Crippen molar-refractivity contribution in [2.24, 2.45) is 16.6 Å². The number of rotatable bonds is 4. The first-order chi connectivity index (χ1) is 9.55. The van der Waals surface area contributed by atoms with Crippen molar-refractivity contribution in [1.29, 1.82) is 0 Å². The van der Waals surface area contributed by atoms with Crippen molar-refractivity contribution >= 4 is 6.21 Å². The monoisotopic (exact) mass is 278 g/mol. The molecule has 0 spiro atoms. The molecule has 2 fully saturated rings. The van der Waals surface area contributed by atoms with Gasteiger partial charge in [-0.1, -0.05) is 13.8 Å². The van der Waals surface area contributed by atoms with Crippen molar-refractivity contribution in [2.75, 3.05) is 13.6 Å². The maximum atomic E-state index is 6.49. The average Bonchev–Trinajstić information content (AvgIpc) is 3.25. The van der Waals surface area contributed by atoms with E-state index >= 15 is 0 Å². The molecule has 3 nitrogen and oxygen atoms in total. The normalized spacial score (nSPS) is 41.2. The molecule has 0 aromatic heterocycles. The van der Waals surface area contributed by atoms with Gasteiger partial charge in [0.25, 0.3) is 0 Å². The second-order valence-electron chi connectivity index (χ2n) is 6.78. The molecule has 1 heterocycles. The number of hydrogen-bond donors (Lipinski definition) is 1. The quantitative estimate of drug-likeness (QED) is 0.623. The number of hydrogen-bond acceptors (Lipinski definition) is 2. The third-order valence-electron chi connectivity index (χ3n) is 5.42. The fraction of sp³-hybridized carbons (Fsp3) is 0.824. The van der Waals surface area contributed by atoms with Crippen LogP contribution in [0.5, 0.6) is 0 Å². The molecule has 1 saturated carbocycles. The summed E-state index contributed by atoms with van der Waals surface area (Å²) < 4.78 is 1.06. The van der Waals surface area contributed by atoms with Crippen LogP contribution in [0.15, 0.2) is 16.8 Å². The van der Waals surface area contributed by atoms with Gasteiger partial charge in [0.15, 0.2) is 0 Å². The average molecular weight is 278 g/mol. The van der Waals surface area contributed by atoms with E-state index in [1.165, 1.54) is 25.0 Å². The Kier molecular flexibility index (Phi) is 5.03. The molecule has 2 aliphatic rings. The van der Waals surface area contributed by atoms with Crippen molar-refractivity contribution in [3.05, 3.63) is 11.8 Å². The van der Waals surface area contributed by atoms with E-state index in [2.05, 4.69) is 40.1 Å². The Morgan fingerprint density at radius 1 is 1.30 bits per heavy atom. The van der Waals surface area contributed by atoms with E-state index in [-0.39, 0.29) is 6.04 Å². The lowest BCUT2D eigenvalue weighted by molar-refractivity contribution is -0.911. The SMILES string of the molecule is CC=C1C(N)CCC(C)C(CN=CCC)[N+]1(C)C1CC1. The first kappa shape index (κ1) is 15.7. The molecular weight excluding hydrogens is 246 g/mol. The summed E-state index contributed by atoms with van der Waals surface area (Å²) in [6.45, 7) is 7.67. The fourth-order valence-corrected chi connectivity index (χ4v) is 4.11. The van der Waals surface area contributed by atoms with E-state index in [1.807, 2.05) is 0 Å². The van der Waals surface area contributed by atoms with E-state index in [1.54, 1.807) is 0 Å². The molecule has 2 N–H and O–H groups in total. The minimum Gasteiger partial charge on any atom is -0.320 e. The van der Waals surface area contributed by atoms with Crippen LogP contribution in [0.2, 0.25) is 0 Å². The molecule has 0 amide bonds. The highest BCUT2D eigenvalue weighted by Crippen LogP contribution is 2.44. The molecule has 0 radical (unpaired) electrons. The van der Waals surface area contributed by atoms with Crippen LogP contribution in [0, 0.1) is 5.92 Å². The number of allylic oxidation sites excluding steroid dienone is 1. The van der Waals surface area contributed by atoms with Gasteiger partial charge in [0.2, 0.25) is 0 Å². The largest absolute Gasteiger partial charge is 0.320 e. The summed E-state index contributed by atoms with van der Waals surface area (Å²) >= 11 is 0. The lowest BCUT2D eigenvalue weighted by Crippen LogP contribution is -2.58. The van der Waals surface area contributed by atoms with Gasteiger partial charge in [-0.25, -0.2) is 0 Å². The summed E-state index contributed by atoms with van der Waals surface area (Å²) in [4.78, 5) is 4.70. The first-order valence-corrected chi connectivity index (χ1v) is 8.32. The number of likely N-dealkylation sites (tertiary alicyclic amines) is 1. The second-order valence-corrected chi connectivity index (χ2v) is 6.78. The third kappa shape index (κ3) is 2.84. The Hall–Kier alpha value is -0.670. The van der Waals surface area contributed by atoms with Gasteiger partial charge in [0, 0.05) is 18.8 Å². The van der Waals surface area contributed by atoms with Gasteiger partial charge in [0.1, 0.15) is 11.7 Å². The Labute approximate surface area is 124 Å². The Balaban J connectivity index is 2.34. The standard InChI is InChI=1S/C17H32N3/c1-5-11-19-12-17-13(3)7-10-15(18)16(6-2)20(17,4)14-8-9-14/h6,11,13-15,17H,5,7-10,12,18H2,1-4H3/q+1. The lowest BCUT2D eigenvalue weighted by atomic mass is 9.95. The highest BCUT2D eigenvalue weighted by atomic mass is 15.4. The first-order valence-electron chi connectivity index (χ1n) is 8.32. The Morgan fingerprint density at radius 2 is 2.00 bits per heavy atom. The highest BCUT2D eigenvalue weighted by molar-refractivity contribution is 5.56. The fourth-order valence-electron chi connectivity index (χ4n) is 4.11. The summed E-state index contributed by atoms with van der Waals surface area (Å²) in [5.41, 5.74) is 7.94. The van der Waals surface area contributed by atoms with Crippen LogP contribution in [-0.2, 0) is 0 Å². The summed E-state index contributed by atoms with van der Waals surface area (Å²) in [5, 5.41) is 0. The molecule has 1 saturated heterocycles. The van der Waals surface area contributed by atoms with Crippen molar-refractivity contribution in [1.82, 2.24) is 0 Å². The molecule has 1 aliphatic carbocycles. The van der Waals surface area contributed by atoms with Crippen molar-refractivity contribution in [3.63, 3.8) is 0 Å². The highest BCUT2D eigenvalue weighted by Gasteiger charge is 2.53. The summed E-state index contributed by atoms with van der Waals surface area (Å²) in [5.74, 6) is 0.693. The van der Waals surface area contributed by atoms with Gasteiger partial charge in [-0.05, 0) is 38.5 Å². The van der Waals surface area contributed by atoms with Gasteiger partial charge in [0.05, 0.1) is 25.7 Å². The topological polar surface area (TPSA) is 38.4 Å². The Morgan fingerprint density at radius 3 is 2.55 bits per heavy atom. The minimum absolute atomic E-state index is 0.230. The molecule has 3 heteroatoms. The van der Waals surface area contributed by atoms with Gasteiger partial charge in [-0.3, -0.25) is 9.48 Å². The van der Waals surface area contributed by atoms with Crippen molar-refractivity contribution < 1.29 is 4.48 Å². The zero-order valence-electron chi connectivity index (χ0n) is 13.7. The van der Waals surface area contributed by atoms with E-state index in [0.717, 1.165) is 29.9 Å².